The van der Waals surface area contributed by atoms with Crippen LogP contribution in [0.3, 0.4) is 0 Å². The summed E-state index contributed by atoms with van der Waals surface area (Å²) in [6.45, 7) is 3.53. The van der Waals surface area contributed by atoms with E-state index in [9.17, 15) is 5.11 Å². The van der Waals surface area contributed by atoms with E-state index >= 15 is 0 Å². The largest absolute Gasteiger partial charge is 0.393 e. The molecular weight excluding hydrogens is 276 g/mol. The molecule has 0 amide bonds. The maximum atomic E-state index is 9.21. The Bertz CT molecular complexity index is 592. The van der Waals surface area contributed by atoms with Crippen molar-refractivity contribution in [1.82, 2.24) is 0 Å². The molecule has 3 nitrogen and oxygen atoms in total. The van der Waals surface area contributed by atoms with Crippen molar-refractivity contribution in [1.29, 1.82) is 0 Å². The van der Waals surface area contributed by atoms with Gasteiger partial charge in [-0.1, -0.05) is 54.6 Å². The average molecular weight is 291 g/mol. The molecule has 2 aromatic rings. The van der Waals surface area contributed by atoms with Gasteiger partial charge >= 0.3 is 0 Å². The molecule has 0 aliphatic heterocycles. The fraction of sp³-hybridized carbons (Fsp3) is 0.125. The van der Waals surface area contributed by atoms with Crippen LogP contribution in [-0.4, -0.2) is 23.1 Å². The Hall–Kier alpha value is -1.65. The minimum atomic E-state index is -0.879. The van der Waals surface area contributed by atoms with Crippen molar-refractivity contribution in [2.24, 2.45) is 0 Å². The summed E-state index contributed by atoms with van der Waals surface area (Å²) in [7, 11) is 0. The highest BCUT2D eigenvalue weighted by molar-refractivity contribution is 6.30. The van der Waals surface area contributed by atoms with Crippen molar-refractivity contribution in [2.45, 2.75) is 6.10 Å². The molecule has 4 heteroatoms. The Morgan fingerprint density at radius 3 is 2.50 bits per heavy atom. The summed E-state index contributed by atoms with van der Waals surface area (Å²) in [5.74, 6) is 0. The molecule has 0 aromatic heterocycles. The first-order chi connectivity index (χ1) is 9.67. The number of rotatable bonds is 5. The lowest BCUT2D eigenvalue weighted by atomic mass is 9.93. The number of hydrogen-bond donors (Lipinski definition) is 2. The number of aliphatic hydroxyl groups excluding tert-OH is 1. The molecule has 0 bridgehead atoms. The zero-order chi connectivity index (χ0) is 14.5. The first kappa shape index (κ1) is 14.8. The first-order valence-corrected chi connectivity index (χ1v) is 6.50. The van der Waals surface area contributed by atoms with Crippen LogP contribution >= 0.6 is 11.6 Å². The Morgan fingerprint density at radius 1 is 1.20 bits per heavy atom. The number of benzene rings is 2. The van der Waals surface area contributed by atoms with Gasteiger partial charge in [0.2, 0.25) is 0 Å². The van der Waals surface area contributed by atoms with Gasteiger partial charge in [0.25, 0.3) is 0 Å². The van der Waals surface area contributed by atoms with Gasteiger partial charge in [0.05, 0.1) is 6.61 Å². The fourth-order valence-electron chi connectivity index (χ4n) is 2.03. The maximum Gasteiger partial charge on any atom is 0.141 e. The Morgan fingerprint density at radius 2 is 1.90 bits per heavy atom. The molecule has 20 heavy (non-hydrogen) atoms. The molecule has 0 spiro atoms. The highest BCUT2D eigenvalue weighted by Crippen LogP contribution is 2.32. The molecule has 0 aliphatic carbocycles. The van der Waals surface area contributed by atoms with E-state index in [1.54, 1.807) is 12.1 Å². The van der Waals surface area contributed by atoms with Gasteiger partial charge in [0.15, 0.2) is 0 Å². The van der Waals surface area contributed by atoms with Gasteiger partial charge in [0, 0.05) is 5.02 Å². The van der Waals surface area contributed by atoms with Crippen molar-refractivity contribution < 1.29 is 15.3 Å². The molecule has 2 aromatic carbocycles. The van der Waals surface area contributed by atoms with E-state index in [1.165, 1.54) is 0 Å². The molecule has 0 saturated heterocycles. The second-order valence-electron chi connectivity index (χ2n) is 4.36. The minimum absolute atomic E-state index is 0.365. The van der Waals surface area contributed by atoms with Crippen LogP contribution in [0.15, 0.2) is 55.1 Å². The highest BCUT2D eigenvalue weighted by atomic mass is 35.5. The van der Waals surface area contributed by atoms with Crippen LogP contribution in [0.2, 0.25) is 5.02 Å². The summed E-state index contributed by atoms with van der Waals surface area (Å²) in [4.78, 5) is 4.25. The van der Waals surface area contributed by atoms with Crippen molar-refractivity contribution in [2.75, 3.05) is 6.61 Å². The van der Waals surface area contributed by atoms with Gasteiger partial charge in [-0.15, -0.1) is 0 Å². The van der Waals surface area contributed by atoms with E-state index in [1.807, 2.05) is 36.4 Å². The normalized spacial score (nSPS) is 12.2. The lowest BCUT2D eigenvalue weighted by molar-refractivity contribution is -0.268. The third-order valence-electron chi connectivity index (χ3n) is 3.09. The summed E-state index contributed by atoms with van der Waals surface area (Å²) in [6.07, 6.45) is -0.879. The predicted octanol–water partition coefficient (Wildman–Crippen LogP) is 3.87. The molecule has 0 heterocycles. The SMILES string of the molecule is C=C(c1cc(Cl)ccc1-c1ccccc1)C(CO)OO. The van der Waals surface area contributed by atoms with Gasteiger partial charge in [0.1, 0.15) is 6.10 Å². The van der Waals surface area contributed by atoms with Crippen molar-refractivity contribution in [3.8, 4) is 11.1 Å². The van der Waals surface area contributed by atoms with Crippen LogP contribution in [0, 0.1) is 0 Å². The smallest absolute Gasteiger partial charge is 0.141 e. The van der Waals surface area contributed by atoms with Gasteiger partial charge in [-0.3, -0.25) is 5.26 Å². The summed E-state index contributed by atoms with van der Waals surface area (Å²) in [6, 6.07) is 15.1. The van der Waals surface area contributed by atoms with Crippen LogP contribution in [0.5, 0.6) is 0 Å². The van der Waals surface area contributed by atoms with Gasteiger partial charge in [-0.05, 0) is 34.4 Å². The number of hydrogen-bond acceptors (Lipinski definition) is 3. The van der Waals surface area contributed by atoms with Crippen molar-refractivity contribution in [3.05, 3.63) is 65.7 Å². The summed E-state index contributed by atoms with van der Waals surface area (Å²) >= 11 is 6.03. The second kappa shape index (κ2) is 6.68. The fourth-order valence-corrected chi connectivity index (χ4v) is 2.20. The van der Waals surface area contributed by atoms with E-state index in [4.69, 9.17) is 16.9 Å². The molecule has 0 radical (unpaired) electrons. The van der Waals surface area contributed by atoms with Gasteiger partial charge < -0.3 is 5.11 Å². The van der Waals surface area contributed by atoms with Crippen LogP contribution in [0.25, 0.3) is 16.7 Å². The van der Waals surface area contributed by atoms with E-state index < -0.39 is 6.10 Å². The molecular formula is C16H15ClO3. The molecule has 104 valence electrons. The van der Waals surface area contributed by atoms with E-state index in [0.29, 0.717) is 10.6 Å². The van der Waals surface area contributed by atoms with E-state index in [2.05, 4.69) is 11.5 Å². The molecule has 2 rings (SSSR count). The lowest BCUT2D eigenvalue weighted by Gasteiger charge is -2.17. The second-order valence-corrected chi connectivity index (χ2v) is 4.79. The highest BCUT2D eigenvalue weighted by Gasteiger charge is 2.18. The Kier molecular flexibility index (Phi) is 4.93. The summed E-state index contributed by atoms with van der Waals surface area (Å²) < 4.78 is 0. The van der Waals surface area contributed by atoms with Crippen LogP contribution in [0.4, 0.5) is 0 Å². The Labute approximate surface area is 122 Å². The standard InChI is InChI=1S/C16H15ClO3/c1-11(16(10-18)20-19)15-9-13(17)7-8-14(15)12-5-3-2-4-6-12/h2-9,16,18-19H,1,10H2. The summed E-state index contributed by atoms with van der Waals surface area (Å²) in [5, 5.41) is 18.6. The zero-order valence-corrected chi connectivity index (χ0v) is 11.5. The zero-order valence-electron chi connectivity index (χ0n) is 10.8. The van der Waals surface area contributed by atoms with Crippen LogP contribution in [0.1, 0.15) is 5.56 Å². The molecule has 0 aliphatic rings. The topological polar surface area (TPSA) is 49.7 Å². The first-order valence-electron chi connectivity index (χ1n) is 6.12. The summed E-state index contributed by atoms with van der Waals surface area (Å²) in [5.41, 5.74) is 3.11. The van der Waals surface area contributed by atoms with Gasteiger partial charge in [-0.25, -0.2) is 4.89 Å². The predicted molar refractivity (Wildman–Crippen MR) is 80.5 cm³/mol. The minimum Gasteiger partial charge on any atom is -0.393 e. The van der Waals surface area contributed by atoms with E-state index in [0.717, 1.165) is 16.7 Å². The van der Waals surface area contributed by atoms with Crippen LogP contribution < -0.4 is 0 Å². The monoisotopic (exact) mass is 290 g/mol. The molecule has 0 saturated carbocycles. The van der Waals surface area contributed by atoms with E-state index in [-0.39, 0.29) is 6.61 Å². The average Bonchev–Trinajstić information content (AvgIpc) is 2.49. The molecule has 1 atom stereocenters. The Balaban J connectivity index is 2.52. The number of aliphatic hydroxyl groups is 1. The lowest BCUT2D eigenvalue weighted by Crippen LogP contribution is -2.17. The third-order valence-corrected chi connectivity index (χ3v) is 3.33. The maximum absolute atomic E-state index is 9.21. The molecule has 0 fully saturated rings. The molecule has 2 N–H and O–H groups in total. The quantitative estimate of drug-likeness (QED) is 0.649. The van der Waals surface area contributed by atoms with Crippen LogP contribution in [-0.2, 0) is 4.89 Å². The van der Waals surface area contributed by atoms with Gasteiger partial charge in [-0.2, -0.15) is 0 Å². The van der Waals surface area contributed by atoms with Crippen molar-refractivity contribution in [3.63, 3.8) is 0 Å². The molecule has 1 unspecified atom stereocenters. The third kappa shape index (κ3) is 3.08. The number of halogens is 1. The van der Waals surface area contributed by atoms with Crippen molar-refractivity contribution >= 4 is 17.2 Å².